The molecule has 0 saturated heterocycles. The summed E-state index contributed by atoms with van der Waals surface area (Å²) in [5.74, 6) is 1.53. The molecule has 0 heterocycles. The van der Waals surface area contributed by atoms with Gasteiger partial charge in [0.15, 0.2) is 0 Å². The van der Waals surface area contributed by atoms with Crippen molar-refractivity contribution in [3.63, 3.8) is 0 Å². The molecule has 0 rings (SSSR count). The van der Waals surface area contributed by atoms with Crippen LogP contribution in [0.3, 0.4) is 0 Å². The lowest BCUT2D eigenvalue weighted by atomic mass is 10.2. The highest BCUT2D eigenvalue weighted by Crippen LogP contribution is 1.93. The number of methoxy groups -OCH3 is 1. The van der Waals surface area contributed by atoms with Gasteiger partial charge in [0.2, 0.25) is 0 Å². The Kier molecular flexibility index (Phi) is 5.94. The van der Waals surface area contributed by atoms with E-state index in [1.807, 2.05) is 6.92 Å². The summed E-state index contributed by atoms with van der Waals surface area (Å²) in [4.78, 5) is 10.6. The van der Waals surface area contributed by atoms with E-state index in [9.17, 15) is 4.79 Å². The van der Waals surface area contributed by atoms with E-state index in [2.05, 4.69) is 11.2 Å². The lowest BCUT2D eigenvalue weighted by molar-refractivity contribution is -0.141. The van der Waals surface area contributed by atoms with Gasteiger partial charge in [-0.1, -0.05) is 0 Å². The van der Waals surface area contributed by atoms with Gasteiger partial charge in [-0.15, -0.1) is 12.3 Å². The first-order valence-corrected chi connectivity index (χ1v) is 4.03. The molecule has 0 aliphatic rings. The molecule has 0 aromatic heterocycles. The number of carboxylic acids is 1. The number of aliphatic carboxylic acids is 1. The highest BCUT2D eigenvalue weighted by molar-refractivity contribution is 5.73. The molecule has 4 nitrogen and oxygen atoms in total. The maximum absolute atomic E-state index is 10.6. The topological polar surface area (TPSA) is 58.6 Å². The number of nitrogens with one attached hydrogen (secondary N) is 1. The van der Waals surface area contributed by atoms with Crippen molar-refractivity contribution >= 4 is 5.97 Å². The number of hydrogen-bond acceptors (Lipinski definition) is 3. The van der Waals surface area contributed by atoms with Crippen molar-refractivity contribution in [2.75, 3.05) is 13.7 Å². The van der Waals surface area contributed by atoms with E-state index in [1.165, 1.54) is 7.11 Å². The summed E-state index contributed by atoms with van der Waals surface area (Å²) in [7, 11) is 1.46. The van der Waals surface area contributed by atoms with Gasteiger partial charge >= 0.3 is 5.97 Å². The van der Waals surface area contributed by atoms with Crippen LogP contribution in [0, 0.1) is 12.3 Å². The van der Waals surface area contributed by atoms with E-state index in [4.69, 9.17) is 16.3 Å². The first-order chi connectivity index (χ1) is 6.11. The fourth-order valence-electron chi connectivity index (χ4n) is 0.937. The summed E-state index contributed by atoms with van der Waals surface area (Å²) in [5.41, 5.74) is 0. The average molecular weight is 185 g/mol. The molecule has 2 atom stereocenters. The summed E-state index contributed by atoms with van der Waals surface area (Å²) >= 11 is 0. The smallest absolute Gasteiger partial charge is 0.323 e. The van der Waals surface area contributed by atoms with Crippen molar-refractivity contribution in [1.29, 1.82) is 0 Å². The van der Waals surface area contributed by atoms with E-state index in [0.29, 0.717) is 6.42 Å². The monoisotopic (exact) mass is 185 g/mol. The molecule has 0 bridgehead atoms. The predicted molar refractivity (Wildman–Crippen MR) is 49.3 cm³/mol. The van der Waals surface area contributed by atoms with Gasteiger partial charge in [-0.05, 0) is 6.92 Å². The van der Waals surface area contributed by atoms with Crippen molar-refractivity contribution in [2.24, 2.45) is 0 Å². The maximum atomic E-state index is 10.6. The molecular weight excluding hydrogens is 170 g/mol. The highest BCUT2D eigenvalue weighted by atomic mass is 16.5. The number of ether oxygens (including phenoxy) is 1. The van der Waals surface area contributed by atoms with Crippen LogP contribution in [0.5, 0.6) is 0 Å². The van der Waals surface area contributed by atoms with Crippen LogP contribution >= 0.6 is 0 Å². The quantitative estimate of drug-likeness (QED) is 0.576. The zero-order valence-electron chi connectivity index (χ0n) is 7.91. The Labute approximate surface area is 78.3 Å². The van der Waals surface area contributed by atoms with Crippen molar-refractivity contribution in [3.8, 4) is 12.3 Å². The van der Waals surface area contributed by atoms with Crippen molar-refractivity contribution in [3.05, 3.63) is 0 Å². The zero-order valence-corrected chi connectivity index (χ0v) is 7.91. The van der Waals surface area contributed by atoms with Crippen LogP contribution in [0.15, 0.2) is 0 Å². The van der Waals surface area contributed by atoms with Gasteiger partial charge in [-0.25, -0.2) is 0 Å². The summed E-state index contributed by atoms with van der Waals surface area (Å²) in [6, 6.07) is -0.699. The molecule has 0 aromatic carbocycles. The molecule has 0 amide bonds. The molecule has 13 heavy (non-hydrogen) atoms. The zero-order chi connectivity index (χ0) is 10.3. The number of rotatable bonds is 6. The van der Waals surface area contributed by atoms with Crippen molar-refractivity contribution in [1.82, 2.24) is 5.32 Å². The third-order valence-corrected chi connectivity index (χ3v) is 1.54. The van der Waals surface area contributed by atoms with Crippen LogP contribution in [0.4, 0.5) is 0 Å². The molecule has 2 unspecified atom stereocenters. The Morgan fingerprint density at radius 3 is 2.77 bits per heavy atom. The third-order valence-electron chi connectivity index (χ3n) is 1.54. The van der Waals surface area contributed by atoms with Gasteiger partial charge < -0.3 is 9.84 Å². The number of terminal acetylenes is 1. The highest BCUT2D eigenvalue weighted by Gasteiger charge is 2.18. The first-order valence-electron chi connectivity index (χ1n) is 4.03. The first kappa shape index (κ1) is 11.9. The van der Waals surface area contributed by atoms with Crippen LogP contribution in [-0.2, 0) is 9.53 Å². The Hall–Kier alpha value is -1.05. The fraction of sp³-hybridized carbons (Fsp3) is 0.667. The Bertz CT molecular complexity index is 198. The predicted octanol–water partition coefficient (Wildman–Crippen LogP) is 0.0874. The molecule has 2 N–H and O–H groups in total. The molecular formula is C9H15NO3. The molecule has 0 aromatic rings. The summed E-state index contributed by atoms with van der Waals surface area (Å²) in [5, 5.41) is 11.6. The average Bonchev–Trinajstić information content (AvgIpc) is 2.04. The molecule has 0 aliphatic carbocycles. The molecule has 4 heteroatoms. The summed E-state index contributed by atoms with van der Waals surface area (Å²) in [6.45, 7) is 1.98. The van der Waals surface area contributed by atoms with Crippen molar-refractivity contribution in [2.45, 2.75) is 25.4 Å². The minimum atomic E-state index is -0.925. The largest absolute Gasteiger partial charge is 0.480 e. The van der Waals surface area contributed by atoms with E-state index >= 15 is 0 Å². The lowest BCUT2D eigenvalue weighted by Crippen LogP contribution is -2.44. The van der Waals surface area contributed by atoms with Crippen LogP contribution in [0.25, 0.3) is 0 Å². The summed E-state index contributed by atoms with van der Waals surface area (Å²) < 4.78 is 4.75. The van der Waals surface area contributed by atoms with Crippen LogP contribution in [0.1, 0.15) is 13.3 Å². The van der Waals surface area contributed by atoms with E-state index in [-0.39, 0.29) is 12.6 Å². The third kappa shape index (κ3) is 5.23. The lowest BCUT2D eigenvalue weighted by Gasteiger charge is -2.17. The van der Waals surface area contributed by atoms with E-state index in [0.717, 1.165) is 0 Å². The van der Waals surface area contributed by atoms with Gasteiger partial charge in [0.1, 0.15) is 6.04 Å². The van der Waals surface area contributed by atoms with E-state index < -0.39 is 12.0 Å². The molecule has 74 valence electrons. The minimum Gasteiger partial charge on any atom is -0.480 e. The number of hydrogen-bond donors (Lipinski definition) is 2. The van der Waals surface area contributed by atoms with Gasteiger partial charge in [-0.3, -0.25) is 10.1 Å². The van der Waals surface area contributed by atoms with Gasteiger partial charge in [0.05, 0.1) is 6.61 Å². The molecule has 0 radical (unpaired) electrons. The number of carboxylic acid groups (broad SMARTS) is 1. The number of carbonyl (C=O) groups is 1. The second-order valence-corrected chi connectivity index (χ2v) is 2.82. The van der Waals surface area contributed by atoms with E-state index in [1.54, 1.807) is 0 Å². The second-order valence-electron chi connectivity index (χ2n) is 2.82. The van der Waals surface area contributed by atoms with Crippen LogP contribution in [-0.4, -0.2) is 36.9 Å². The Morgan fingerprint density at radius 1 is 1.77 bits per heavy atom. The SMILES string of the molecule is C#CCC(C)NC(COC)C(=O)O. The Morgan fingerprint density at radius 2 is 2.38 bits per heavy atom. The second kappa shape index (κ2) is 6.46. The summed E-state index contributed by atoms with van der Waals surface area (Å²) in [6.07, 6.45) is 5.59. The molecule has 0 fully saturated rings. The maximum Gasteiger partial charge on any atom is 0.323 e. The fourth-order valence-corrected chi connectivity index (χ4v) is 0.937. The standard InChI is InChI=1S/C9H15NO3/c1-4-5-7(2)10-8(6-13-3)9(11)12/h1,7-8,10H,5-6H2,2-3H3,(H,11,12). The Balaban J connectivity index is 3.95. The molecule has 0 saturated carbocycles. The molecule has 0 aliphatic heterocycles. The molecule has 0 spiro atoms. The van der Waals surface area contributed by atoms with Gasteiger partial charge in [-0.2, -0.15) is 0 Å². The van der Waals surface area contributed by atoms with Crippen molar-refractivity contribution < 1.29 is 14.6 Å². The minimum absolute atomic E-state index is 0.0127. The van der Waals surface area contributed by atoms with Crippen LogP contribution < -0.4 is 5.32 Å². The van der Waals surface area contributed by atoms with Crippen LogP contribution in [0.2, 0.25) is 0 Å². The van der Waals surface area contributed by atoms with Gasteiger partial charge in [0, 0.05) is 19.6 Å². The van der Waals surface area contributed by atoms with Gasteiger partial charge in [0.25, 0.3) is 0 Å². The normalized spacial score (nSPS) is 14.5.